The molecule has 0 bridgehead atoms. The summed E-state index contributed by atoms with van der Waals surface area (Å²) in [7, 11) is 0. The molecule has 0 saturated carbocycles. The Kier molecular flexibility index (Phi) is 4.16. The van der Waals surface area contributed by atoms with Crippen LogP contribution in [0.1, 0.15) is 24.9 Å². The number of hydrazone groups is 1. The van der Waals surface area contributed by atoms with Gasteiger partial charge in [0.05, 0.1) is 23.1 Å². The Hall–Kier alpha value is -2.80. The molecule has 3 aromatic rings. The smallest absolute Gasteiger partial charge is 0.273 e. The molecule has 2 amide bonds. The molecule has 2 heterocycles. The van der Waals surface area contributed by atoms with Gasteiger partial charge in [-0.25, -0.2) is 4.98 Å². The number of carbonyl (C=O) groups is 2. The summed E-state index contributed by atoms with van der Waals surface area (Å²) in [5.74, 6) is -0.750. The fourth-order valence-corrected chi connectivity index (χ4v) is 3.37. The van der Waals surface area contributed by atoms with Crippen LogP contribution in [0.5, 0.6) is 0 Å². The molecule has 0 aliphatic carbocycles. The Labute approximate surface area is 158 Å². The van der Waals surface area contributed by atoms with Gasteiger partial charge in [0.1, 0.15) is 6.04 Å². The maximum Gasteiger partial charge on any atom is 0.273 e. The standard InChI is InChI=1S/C19H15BrN4O2/c1-12(25)24-19(26)18(23-11-21-15-4-2-3-5-17(15)23)10-16(22-24)13-6-8-14(20)9-7-13/h2-9,11,18H,10H2,1H3. The summed E-state index contributed by atoms with van der Waals surface area (Å²) >= 11 is 3.41. The number of hydrogen-bond donors (Lipinski definition) is 0. The Bertz CT molecular complexity index is 1040. The van der Waals surface area contributed by atoms with E-state index in [-0.39, 0.29) is 5.91 Å². The summed E-state index contributed by atoms with van der Waals surface area (Å²) in [6.07, 6.45) is 2.04. The van der Waals surface area contributed by atoms with Gasteiger partial charge in [0, 0.05) is 17.8 Å². The summed E-state index contributed by atoms with van der Waals surface area (Å²) in [5, 5.41) is 5.26. The first-order valence-electron chi connectivity index (χ1n) is 8.14. The number of amides is 2. The number of fused-ring (bicyclic) bond motifs is 1. The lowest BCUT2D eigenvalue weighted by Crippen LogP contribution is -2.42. The van der Waals surface area contributed by atoms with Crippen molar-refractivity contribution in [3.8, 4) is 0 Å². The zero-order valence-electron chi connectivity index (χ0n) is 14.0. The first-order chi connectivity index (χ1) is 12.5. The Morgan fingerprint density at radius 1 is 1.15 bits per heavy atom. The molecule has 0 N–H and O–H groups in total. The first-order valence-corrected chi connectivity index (χ1v) is 8.93. The van der Waals surface area contributed by atoms with Crippen molar-refractivity contribution in [1.29, 1.82) is 0 Å². The normalized spacial score (nSPS) is 17.5. The van der Waals surface area contributed by atoms with Gasteiger partial charge in [0.2, 0.25) is 5.91 Å². The van der Waals surface area contributed by atoms with Crippen molar-refractivity contribution in [1.82, 2.24) is 14.6 Å². The monoisotopic (exact) mass is 410 g/mol. The number of nitrogens with zero attached hydrogens (tertiary/aromatic N) is 4. The highest BCUT2D eigenvalue weighted by Crippen LogP contribution is 2.28. The minimum atomic E-state index is -0.567. The van der Waals surface area contributed by atoms with Gasteiger partial charge in [-0.05, 0) is 29.8 Å². The third kappa shape index (κ3) is 2.84. The van der Waals surface area contributed by atoms with E-state index in [1.165, 1.54) is 6.92 Å². The first kappa shape index (κ1) is 16.7. The lowest BCUT2D eigenvalue weighted by atomic mass is 10.00. The number of imide groups is 1. The number of carbonyl (C=O) groups excluding carboxylic acids is 2. The number of aromatic nitrogens is 2. The van der Waals surface area contributed by atoms with E-state index in [2.05, 4.69) is 26.0 Å². The molecule has 2 aromatic carbocycles. The minimum Gasteiger partial charge on any atom is -0.317 e. The van der Waals surface area contributed by atoms with Crippen LogP contribution in [0.15, 0.2) is 64.4 Å². The summed E-state index contributed by atoms with van der Waals surface area (Å²) in [4.78, 5) is 29.2. The summed E-state index contributed by atoms with van der Waals surface area (Å²) in [6, 6.07) is 14.7. The highest BCUT2D eigenvalue weighted by molar-refractivity contribution is 9.10. The topological polar surface area (TPSA) is 67.6 Å². The van der Waals surface area contributed by atoms with E-state index in [0.29, 0.717) is 12.1 Å². The molecule has 1 aliphatic heterocycles. The highest BCUT2D eigenvalue weighted by Gasteiger charge is 2.35. The number of imidazole rings is 1. The van der Waals surface area contributed by atoms with E-state index in [1.54, 1.807) is 6.33 Å². The maximum absolute atomic E-state index is 12.9. The highest BCUT2D eigenvalue weighted by atomic mass is 79.9. The van der Waals surface area contributed by atoms with E-state index in [4.69, 9.17) is 0 Å². The van der Waals surface area contributed by atoms with E-state index >= 15 is 0 Å². The van der Waals surface area contributed by atoms with Crippen molar-refractivity contribution in [3.63, 3.8) is 0 Å². The molecule has 0 fully saturated rings. The van der Waals surface area contributed by atoms with Gasteiger partial charge in [-0.15, -0.1) is 0 Å². The van der Waals surface area contributed by atoms with E-state index in [9.17, 15) is 9.59 Å². The zero-order chi connectivity index (χ0) is 18.3. The van der Waals surface area contributed by atoms with Gasteiger partial charge in [0.15, 0.2) is 0 Å². The van der Waals surface area contributed by atoms with Gasteiger partial charge in [0.25, 0.3) is 5.91 Å². The van der Waals surface area contributed by atoms with E-state index < -0.39 is 11.9 Å². The summed E-state index contributed by atoms with van der Waals surface area (Å²) in [5.41, 5.74) is 3.23. The average Bonchev–Trinajstić information content (AvgIpc) is 3.06. The van der Waals surface area contributed by atoms with Gasteiger partial charge in [-0.2, -0.15) is 10.1 Å². The summed E-state index contributed by atoms with van der Waals surface area (Å²) in [6.45, 7) is 1.34. The number of halogens is 1. The van der Waals surface area contributed by atoms with Crippen molar-refractivity contribution in [2.24, 2.45) is 5.10 Å². The second-order valence-electron chi connectivity index (χ2n) is 6.08. The predicted octanol–water partition coefficient (Wildman–Crippen LogP) is 3.52. The van der Waals surface area contributed by atoms with E-state index in [1.807, 2.05) is 53.1 Å². The lowest BCUT2D eigenvalue weighted by Gasteiger charge is -2.28. The zero-order valence-corrected chi connectivity index (χ0v) is 15.5. The quantitative estimate of drug-likeness (QED) is 0.648. The fourth-order valence-electron chi connectivity index (χ4n) is 3.11. The van der Waals surface area contributed by atoms with Crippen molar-refractivity contribution in [3.05, 3.63) is 64.9 Å². The number of para-hydroxylation sites is 2. The molecule has 6 nitrogen and oxygen atoms in total. The van der Waals surface area contributed by atoms with Crippen LogP contribution in [-0.4, -0.2) is 32.1 Å². The van der Waals surface area contributed by atoms with Gasteiger partial charge >= 0.3 is 0 Å². The second-order valence-corrected chi connectivity index (χ2v) is 7.00. The van der Waals surface area contributed by atoms with Crippen LogP contribution in [0.25, 0.3) is 11.0 Å². The molecule has 1 aliphatic rings. The van der Waals surface area contributed by atoms with Crippen LogP contribution in [0, 0.1) is 0 Å². The SMILES string of the molecule is CC(=O)N1N=C(c2ccc(Br)cc2)CC(n2cnc3ccccc32)C1=O. The second kappa shape index (κ2) is 6.49. The molecule has 130 valence electrons. The van der Waals surface area contributed by atoms with Crippen LogP contribution < -0.4 is 0 Å². The molecule has 0 radical (unpaired) electrons. The Morgan fingerprint density at radius 2 is 1.88 bits per heavy atom. The Balaban J connectivity index is 1.81. The third-order valence-electron chi connectivity index (χ3n) is 4.39. The third-order valence-corrected chi connectivity index (χ3v) is 4.92. The molecular weight excluding hydrogens is 396 g/mol. The van der Waals surface area contributed by atoms with Gasteiger partial charge < -0.3 is 4.57 Å². The number of hydrogen-bond acceptors (Lipinski definition) is 4. The molecule has 26 heavy (non-hydrogen) atoms. The van der Waals surface area contributed by atoms with Crippen LogP contribution in [0.4, 0.5) is 0 Å². The van der Waals surface area contributed by atoms with Crippen LogP contribution >= 0.6 is 15.9 Å². The molecule has 1 atom stereocenters. The molecule has 4 rings (SSSR count). The molecule has 0 saturated heterocycles. The minimum absolute atomic E-state index is 0.346. The average molecular weight is 411 g/mol. The molecule has 0 spiro atoms. The number of benzene rings is 2. The van der Waals surface area contributed by atoms with Gasteiger partial charge in [-0.3, -0.25) is 9.59 Å². The van der Waals surface area contributed by atoms with Crippen LogP contribution in [0.3, 0.4) is 0 Å². The van der Waals surface area contributed by atoms with Crippen molar-refractivity contribution >= 4 is 44.5 Å². The van der Waals surface area contributed by atoms with Crippen molar-refractivity contribution in [2.75, 3.05) is 0 Å². The largest absolute Gasteiger partial charge is 0.317 e. The Morgan fingerprint density at radius 3 is 2.62 bits per heavy atom. The fraction of sp³-hybridized carbons (Fsp3) is 0.158. The van der Waals surface area contributed by atoms with E-state index in [0.717, 1.165) is 26.1 Å². The summed E-state index contributed by atoms with van der Waals surface area (Å²) < 4.78 is 2.77. The predicted molar refractivity (Wildman–Crippen MR) is 102 cm³/mol. The lowest BCUT2D eigenvalue weighted by molar-refractivity contribution is -0.146. The van der Waals surface area contributed by atoms with Crippen LogP contribution in [-0.2, 0) is 9.59 Å². The maximum atomic E-state index is 12.9. The molecule has 7 heteroatoms. The molecule has 1 aromatic heterocycles. The molecular formula is C19H15BrN4O2. The van der Waals surface area contributed by atoms with Crippen molar-refractivity contribution < 1.29 is 9.59 Å². The van der Waals surface area contributed by atoms with Gasteiger partial charge in [-0.1, -0.05) is 40.2 Å². The van der Waals surface area contributed by atoms with Crippen LogP contribution in [0.2, 0.25) is 0 Å². The van der Waals surface area contributed by atoms with Crippen molar-refractivity contribution in [2.45, 2.75) is 19.4 Å². The number of rotatable bonds is 2. The molecule has 1 unspecified atom stereocenters.